The second-order valence-corrected chi connectivity index (χ2v) is 9.61. The van der Waals surface area contributed by atoms with Crippen molar-refractivity contribution in [3.63, 3.8) is 0 Å². The maximum Gasteiger partial charge on any atom is 0.496 e. The lowest BCUT2D eigenvalue weighted by Gasteiger charge is -2.32. The molecule has 1 aromatic carbocycles. The first-order chi connectivity index (χ1) is 11.9. The normalized spacial score (nSPS) is 18.9. The molecule has 26 heavy (non-hydrogen) atoms. The van der Waals surface area contributed by atoms with Gasteiger partial charge in [0.15, 0.2) is 9.84 Å². The van der Waals surface area contributed by atoms with Gasteiger partial charge in [-0.1, -0.05) is 12.1 Å². The number of benzene rings is 1. The van der Waals surface area contributed by atoms with Crippen LogP contribution in [0.2, 0.25) is 0 Å². The summed E-state index contributed by atoms with van der Waals surface area (Å²) < 4.78 is 35.8. The van der Waals surface area contributed by atoms with Crippen molar-refractivity contribution in [2.75, 3.05) is 12.0 Å². The fourth-order valence-corrected chi connectivity index (χ4v) is 3.39. The van der Waals surface area contributed by atoms with E-state index in [-0.39, 0.29) is 4.90 Å². The summed E-state index contributed by atoms with van der Waals surface area (Å²) in [6.07, 6.45) is 2.80. The summed E-state index contributed by atoms with van der Waals surface area (Å²) in [5, 5.41) is 0. The zero-order valence-corrected chi connectivity index (χ0v) is 16.4. The third kappa shape index (κ3) is 3.36. The molecule has 0 bridgehead atoms. The highest BCUT2D eigenvalue weighted by atomic mass is 32.2. The molecule has 0 spiro atoms. The molecule has 2 heterocycles. The van der Waals surface area contributed by atoms with Gasteiger partial charge < -0.3 is 15.0 Å². The summed E-state index contributed by atoms with van der Waals surface area (Å²) in [4.78, 5) is 4.49. The van der Waals surface area contributed by atoms with Crippen LogP contribution >= 0.6 is 0 Å². The summed E-state index contributed by atoms with van der Waals surface area (Å²) in [6, 6.07) is 8.48. The lowest BCUT2D eigenvalue weighted by atomic mass is 9.79. The van der Waals surface area contributed by atoms with Crippen molar-refractivity contribution >= 4 is 28.2 Å². The van der Waals surface area contributed by atoms with E-state index in [1.807, 2.05) is 33.8 Å². The van der Waals surface area contributed by atoms with E-state index in [9.17, 15) is 8.42 Å². The number of nitrogens with two attached hydrogens (primary N) is 1. The van der Waals surface area contributed by atoms with Gasteiger partial charge in [0.1, 0.15) is 5.82 Å². The van der Waals surface area contributed by atoms with Crippen LogP contribution < -0.4 is 11.2 Å². The molecular weight excluding hydrogens is 351 g/mol. The van der Waals surface area contributed by atoms with Crippen molar-refractivity contribution in [3.05, 3.63) is 36.5 Å². The van der Waals surface area contributed by atoms with E-state index in [4.69, 9.17) is 15.0 Å². The Hall–Kier alpha value is -1.90. The van der Waals surface area contributed by atoms with Gasteiger partial charge in [-0.2, -0.15) is 0 Å². The fourth-order valence-electron chi connectivity index (χ4n) is 2.73. The molecule has 2 aromatic rings. The molecule has 0 unspecified atom stereocenters. The van der Waals surface area contributed by atoms with Gasteiger partial charge >= 0.3 is 7.12 Å². The quantitative estimate of drug-likeness (QED) is 0.827. The number of hydrogen-bond donors (Lipinski definition) is 1. The number of pyridine rings is 1. The first-order valence-corrected chi connectivity index (χ1v) is 10.2. The predicted molar refractivity (Wildman–Crippen MR) is 103 cm³/mol. The lowest BCUT2D eigenvalue weighted by molar-refractivity contribution is 0.00578. The van der Waals surface area contributed by atoms with Crippen molar-refractivity contribution < 1.29 is 17.7 Å². The largest absolute Gasteiger partial charge is 0.496 e. The average molecular weight is 374 g/mol. The van der Waals surface area contributed by atoms with E-state index in [1.165, 1.54) is 6.26 Å². The number of sulfone groups is 1. The van der Waals surface area contributed by atoms with Crippen LogP contribution in [-0.2, 0) is 19.1 Å². The van der Waals surface area contributed by atoms with Gasteiger partial charge in [-0.05, 0) is 51.5 Å². The van der Waals surface area contributed by atoms with Crippen molar-refractivity contribution in [1.82, 2.24) is 4.98 Å². The van der Waals surface area contributed by atoms with Gasteiger partial charge in [0.2, 0.25) is 0 Å². The summed E-state index contributed by atoms with van der Waals surface area (Å²) in [5.74, 6) is 0.316. The van der Waals surface area contributed by atoms with Crippen LogP contribution in [0.15, 0.2) is 41.4 Å². The Morgan fingerprint density at radius 2 is 1.69 bits per heavy atom. The molecular formula is C18H23BN2O4S. The molecule has 0 aliphatic carbocycles. The van der Waals surface area contributed by atoms with Crippen LogP contribution in [0, 0.1) is 0 Å². The Labute approximate surface area is 154 Å². The Bertz CT molecular complexity index is 941. The summed E-state index contributed by atoms with van der Waals surface area (Å²) in [6.45, 7) is 7.92. The van der Waals surface area contributed by atoms with Gasteiger partial charge in [0.05, 0.1) is 16.1 Å². The van der Waals surface area contributed by atoms with Gasteiger partial charge in [0, 0.05) is 23.5 Å². The molecule has 1 aromatic heterocycles. The van der Waals surface area contributed by atoms with Gasteiger partial charge in [-0.15, -0.1) is 0 Å². The zero-order chi connectivity index (χ0) is 19.3. The van der Waals surface area contributed by atoms with E-state index < -0.39 is 28.2 Å². The lowest BCUT2D eigenvalue weighted by Crippen LogP contribution is -2.41. The molecule has 8 heteroatoms. The second-order valence-electron chi connectivity index (χ2n) is 7.59. The van der Waals surface area contributed by atoms with E-state index in [2.05, 4.69) is 4.98 Å². The van der Waals surface area contributed by atoms with Crippen molar-refractivity contribution in [3.8, 4) is 11.1 Å². The predicted octanol–water partition coefficient (Wildman–Crippen LogP) is 2.03. The zero-order valence-electron chi connectivity index (χ0n) is 15.6. The standard InChI is InChI=1S/C18H23BN2O4S/c1-17(2)18(3,4)25-19(24-17)13-10-15(16(20)21-11-13)12-7-6-8-14(9-12)26(5,22)23/h6-11H,1-5H3,(H2,20,21). The van der Waals surface area contributed by atoms with Crippen LogP contribution in [0.5, 0.6) is 0 Å². The third-order valence-electron chi connectivity index (χ3n) is 5.04. The fraction of sp³-hybridized carbons (Fsp3) is 0.389. The number of hydrogen-bond acceptors (Lipinski definition) is 6. The summed E-state index contributed by atoms with van der Waals surface area (Å²) in [5.41, 5.74) is 7.17. The molecule has 1 fully saturated rings. The monoisotopic (exact) mass is 374 g/mol. The first-order valence-electron chi connectivity index (χ1n) is 8.32. The number of nitrogens with zero attached hydrogens (tertiary/aromatic N) is 1. The Morgan fingerprint density at radius 1 is 1.08 bits per heavy atom. The number of anilines is 1. The van der Waals surface area contributed by atoms with E-state index in [0.717, 1.165) is 5.46 Å². The van der Waals surface area contributed by atoms with Crippen molar-refractivity contribution in [1.29, 1.82) is 0 Å². The average Bonchev–Trinajstić information content (AvgIpc) is 2.75. The highest BCUT2D eigenvalue weighted by Gasteiger charge is 2.51. The maximum absolute atomic E-state index is 11.8. The van der Waals surface area contributed by atoms with Crippen LogP contribution in [0.3, 0.4) is 0 Å². The summed E-state index contributed by atoms with van der Waals surface area (Å²) >= 11 is 0. The number of nitrogen functional groups attached to an aromatic ring is 1. The molecule has 1 saturated heterocycles. The van der Waals surface area contributed by atoms with E-state index in [0.29, 0.717) is 16.9 Å². The molecule has 0 amide bonds. The highest BCUT2D eigenvalue weighted by Crippen LogP contribution is 2.37. The van der Waals surface area contributed by atoms with Crippen LogP contribution in [0.1, 0.15) is 27.7 Å². The summed E-state index contributed by atoms with van der Waals surface area (Å²) in [7, 11) is -3.88. The molecule has 2 N–H and O–H groups in total. The minimum Gasteiger partial charge on any atom is -0.399 e. The van der Waals surface area contributed by atoms with Crippen molar-refractivity contribution in [2.24, 2.45) is 0 Å². The molecule has 1 aliphatic heterocycles. The van der Waals surface area contributed by atoms with Crippen molar-refractivity contribution in [2.45, 2.75) is 43.8 Å². The molecule has 1 aliphatic rings. The minimum atomic E-state index is -3.31. The molecule has 0 atom stereocenters. The van der Waals surface area contributed by atoms with Crippen LogP contribution in [0.4, 0.5) is 5.82 Å². The topological polar surface area (TPSA) is 91.5 Å². The molecule has 3 rings (SSSR count). The maximum atomic E-state index is 11.8. The van der Waals surface area contributed by atoms with Gasteiger partial charge in [0.25, 0.3) is 0 Å². The third-order valence-corrected chi connectivity index (χ3v) is 6.15. The minimum absolute atomic E-state index is 0.232. The molecule has 6 nitrogen and oxygen atoms in total. The Morgan fingerprint density at radius 3 is 2.27 bits per heavy atom. The van der Waals surface area contributed by atoms with E-state index in [1.54, 1.807) is 30.5 Å². The molecule has 0 saturated carbocycles. The van der Waals surface area contributed by atoms with Gasteiger partial charge in [-0.3, -0.25) is 0 Å². The first kappa shape index (κ1) is 18.9. The SMILES string of the molecule is CC1(C)OB(c2cnc(N)c(-c3cccc(S(C)(=O)=O)c3)c2)OC1(C)C. The van der Waals surface area contributed by atoms with Crippen LogP contribution in [0.25, 0.3) is 11.1 Å². The molecule has 138 valence electrons. The second kappa shape index (κ2) is 6.08. The number of rotatable bonds is 3. The number of aromatic nitrogens is 1. The highest BCUT2D eigenvalue weighted by molar-refractivity contribution is 7.90. The van der Waals surface area contributed by atoms with Gasteiger partial charge in [-0.25, -0.2) is 13.4 Å². The Kier molecular flexibility index (Phi) is 4.41. The van der Waals surface area contributed by atoms with E-state index >= 15 is 0 Å². The molecule has 0 radical (unpaired) electrons. The van der Waals surface area contributed by atoms with Crippen LogP contribution in [-0.4, -0.2) is 38.0 Å². The Balaban J connectivity index is 2.03. The smallest absolute Gasteiger partial charge is 0.399 e.